The van der Waals surface area contributed by atoms with Crippen molar-refractivity contribution in [1.82, 2.24) is 9.88 Å². The lowest BCUT2D eigenvalue weighted by Crippen LogP contribution is -2.47. The number of halogens is 1. The largest absolute Gasteiger partial charge is 0.480 e. The van der Waals surface area contributed by atoms with Crippen molar-refractivity contribution in [3.8, 4) is 11.1 Å². The van der Waals surface area contributed by atoms with E-state index in [1.807, 2.05) is 24.3 Å². The van der Waals surface area contributed by atoms with E-state index in [1.54, 1.807) is 18.5 Å². The number of amides is 1. The quantitative estimate of drug-likeness (QED) is 0.483. The molecular formula is C27H25BrN2O6. The van der Waals surface area contributed by atoms with Gasteiger partial charge >= 0.3 is 12.1 Å². The maximum Gasteiger partial charge on any atom is 0.409 e. The molecule has 1 N–H and O–H groups in total. The van der Waals surface area contributed by atoms with E-state index >= 15 is 0 Å². The molecule has 1 aliphatic carbocycles. The zero-order valence-corrected chi connectivity index (χ0v) is 21.0. The van der Waals surface area contributed by atoms with Gasteiger partial charge in [-0.1, -0.05) is 48.5 Å². The highest BCUT2D eigenvalue weighted by atomic mass is 79.9. The number of carbonyl (C=O) groups is 2. The van der Waals surface area contributed by atoms with Crippen LogP contribution in [0, 0.1) is 0 Å². The van der Waals surface area contributed by atoms with Crippen LogP contribution in [-0.2, 0) is 24.6 Å². The standard InChI is InChI=1S/C27H25BrN2O6/c28-24-13-29-10-9-23(24)27(36-15-25(31)32)16-30(11-12-34-17-27)26(33)35-14-22-20-7-3-1-5-18(20)19-6-2-4-8-21(19)22/h1-10,13,22H,11-12,14-17H2,(H,31,32). The Labute approximate surface area is 216 Å². The first kappa shape index (κ1) is 24.4. The van der Waals surface area contributed by atoms with Gasteiger partial charge < -0.3 is 24.2 Å². The first-order valence-electron chi connectivity index (χ1n) is 11.6. The number of benzene rings is 2. The van der Waals surface area contributed by atoms with E-state index in [2.05, 4.69) is 45.2 Å². The fourth-order valence-corrected chi connectivity index (χ4v) is 5.57. The summed E-state index contributed by atoms with van der Waals surface area (Å²) in [6.45, 7) is 0.348. The molecule has 186 valence electrons. The van der Waals surface area contributed by atoms with Crippen molar-refractivity contribution in [2.75, 3.05) is 39.5 Å². The van der Waals surface area contributed by atoms with Gasteiger partial charge in [0.25, 0.3) is 0 Å². The van der Waals surface area contributed by atoms with Gasteiger partial charge in [-0.15, -0.1) is 0 Å². The highest BCUT2D eigenvalue weighted by Gasteiger charge is 2.42. The van der Waals surface area contributed by atoms with Crippen LogP contribution in [-0.4, -0.2) is 66.6 Å². The second-order valence-electron chi connectivity index (χ2n) is 8.81. The van der Waals surface area contributed by atoms with Crippen LogP contribution in [0.5, 0.6) is 0 Å². The number of aromatic nitrogens is 1. The van der Waals surface area contributed by atoms with Crippen molar-refractivity contribution >= 4 is 28.0 Å². The number of nitrogens with zero attached hydrogens (tertiary/aromatic N) is 2. The van der Waals surface area contributed by atoms with Crippen LogP contribution in [0.2, 0.25) is 0 Å². The van der Waals surface area contributed by atoms with E-state index in [4.69, 9.17) is 14.2 Å². The number of ether oxygens (including phenoxy) is 3. The van der Waals surface area contributed by atoms with Crippen molar-refractivity contribution in [1.29, 1.82) is 0 Å². The maximum absolute atomic E-state index is 13.3. The third kappa shape index (κ3) is 4.74. The van der Waals surface area contributed by atoms with E-state index in [-0.39, 0.29) is 38.8 Å². The molecule has 0 bridgehead atoms. The summed E-state index contributed by atoms with van der Waals surface area (Å²) >= 11 is 3.48. The number of carboxylic acids is 1. The van der Waals surface area contributed by atoms with Crippen LogP contribution in [0.15, 0.2) is 71.5 Å². The molecular weight excluding hydrogens is 528 g/mol. The van der Waals surface area contributed by atoms with Gasteiger partial charge in [-0.3, -0.25) is 4.98 Å². The van der Waals surface area contributed by atoms with Gasteiger partial charge in [0, 0.05) is 34.9 Å². The molecule has 3 aromatic rings. The van der Waals surface area contributed by atoms with E-state index in [0.29, 0.717) is 10.0 Å². The Morgan fingerprint density at radius 2 is 1.81 bits per heavy atom. The highest BCUT2D eigenvalue weighted by Crippen LogP contribution is 2.44. The van der Waals surface area contributed by atoms with Crippen molar-refractivity contribution in [2.45, 2.75) is 11.5 Å². The Kier molecular flexibility index (Phi) is 7.04. The van der Waals surface area contributed by atoms with Gasteiger partial charge in [-0.2, -0.15) is 0 Å². The van der Waals surface area contributed by atoms with Crippen molar-refractivity contribution in [2.24, 2.45) is 0 Å². The Hall–Kier alpha value is -3.27. The normalized spacial score (nSPS) is 19.3. The minimum atomic E-state index is -1.21. The molecule has 1 aromatic heterocycles. The highest BCUT2D eigenvalue weighted by molar-refractivity contribution is 9.10. The summed E-state index contributed by atoms with van der Waals surface area (Å²) in [4.78, 5) is 30.3. The number of carboxylic acid groups (broad SMARTS) is 1. The van der Waals surface area contributed by atoms with Crippen LogP contribution in [0.4, 0.5) is 4.79 Å². The fraction of sp³-hybridized carbons (Fsp3) is 0.296. The molecule has 0 spiro atoms. The number of carbonyl (C=O) groups excluding carboxylic acids is 1. The number of fused-ring (bicyclic) bond motifs is 3. The van der Waals surface area contributed by atoms with Crippen LogP contribution >= 0.6 is 15.9 Å². The molecule has 9 heteroatoms. The first-order chi connectivity index (χ1) is 17.5. The van der Waals surface area contributed by atoms with Crippen molar-refractivity contribution in [3.63, 3.8) is 0 Å². The smallest absolute Gasteiger partial charge is 0.409 e. The maximum atomic E-state index is 13.3. The summed E-state index contributed by atoms with van der Waals surface area (Å²) in [7, 11) is 0. The SMILES string of the molecule is O=C(O)COC1(c2ccncc2Br)COCCN(C(=O)OCC2c3ccccc3-c3ccccc32)C1. The zero-order chi connectivity index (χ0) is 25.1. The molecule has 2 aromatic carbocycles. The van der Waals surface area contributed by atoms with Crippen LogP contribution in [0.1, 0.15) is 22.6 Å². The van der Waals surface area contributed by atoms with Gasteiger partial charge in [-0.25, -0.2) is 9.59 Å². The minimum Gasteiger partial charge on any atom is -0.480 e. The van der Waals surface area contributed by atoms with Crippen LogP contribution in [0.3, 0.4) is 0 Å². The third-order valence-corrected chi connectivity index (χ3v) is 7.25. The predicted molar refractivity (Wildman–Crippen MR) is 135 cm³/mol. The van der Waals surface area contributed by atoms with Gasteiger partial charge in [-0.05, 0) is 44.3 Å². The van der Waals surface area contributed by atoms with Gasteiger partial charge in [0.15, 0.2) is 0 Å². The summed E-state index contributed by atoms with van der Waals surface area (Å²) in [6.07, 6.45) is 2.69. The number of hydrogen-bond acceptors (Lipinski definition) is 6. The second-order valence-corrected chi connectivity index (χ2v) is 9.66. The average Bonchev–Trinajstić information content (AvgIpc) is 3.04. The molecule has 36 heavy (non-hydrogen) atoms. The minimum absolute atomic E-state index is 0.0630. The van der Waals surface area contributed by atoms with E-state index in [0.717, 1.165) is 22.3 Å². The van der Waals surface area contributed by atoms with E-state index in [1.165, 1.54) is 4.90 Å². The van der Waals surface area contributed by atoms with Crippen LogP contribution in [0.25, 0.3) is 11.1 Å². The topological polar surface area (TPSA) is 98.2 Å². The average molecular weight is 553 g/mol. The van der Waals surface area contributed by atoms with Crippen molar-refractivity contribution < 1.29 is 28.9 Å². The second kappa shape index (κ2) is 10.4. The lowest BCUT2D eigenvalue weighted by atomic mass is 9.94. The molecule has 1 amide bonds. The molecule has 5 rings (SSSR count). The summed E-state index contributed by atoms with van der Waals surface area (Å²) in [5, 5.41) is 9.29. The Balaban J connectivity index is 1.37. The van der Waals surface area contributed by atoms with E-state index in [9.17, 15) is 14.7 Å². The molecule has 2 aliphatic rings. The van der Waals surface area contributed by atoms with Gasteiger partial charge in [0.05, 0.1) is 19.8 Å². The van der Waals surface area contributed by atoms with Crippen LogP contribution < -0.4 is 0 Å². The summed E-state index contributed by atoms with van der Waals surface area (Å²) in [5.74, 6) is -1.18. The third-order valence-electron chi connectivity index (χ3n) is 6.62. The van der Waals surface area contributed by atoms with Gasteiger partial charge in [0.2, 0.25) is 0 Å². The lowest BCUT2D eigenvalue weighted by molar-refractivity contribution is -0.155. The Morgan fingerprint density at radius 3 is 2.47 bits per heavy atom. The monoisotopic (exact) mass is 552 g/mol. The molecule has 1 unspecified atom stereocenters. The molecule has 0 radical (unpaired) electrons. The summed E-state index contributed by atoms with van der Waals surface area (Å²) in [5.41, 5.74) is 4.01. The number of pyridine rings is 1. The van der Waals surface area contributed by atoms with E-state index < -0.39 is 24.3 Å². The Bertz CT molecular complexity index is 1240. The molecule has 1 aliphatic heterocycles. The fourth-order valence-electron chi connectivity index (χ4n) is 4.96. The van der Waals surface area contributed by atoms with Crippen molar-refractivity contribution in [3.05, 3.63) is 88.2 Å². The lowest BCUT2D eigenvalue weighted by Gasteiger charge is -2.35. The predicted octanol–water partition coefficient (Wildman–Crippen LogP) is 4.42. The number of rotatable bonds is 6. The molecule has 8 nitrogen and oxygen atoms in total. The molecule has 0 saturated carbocycles. The molecule has 2 heterocycles. The number of aliphatic carboxylic acids is 1. The Morgan fingerprint density at radius 1 is 1.11 bits per heavy atom. The summed E-state index contributed by atoms with van der Waals surface area (Å²) in [6, 6.07) is 18.0. The first-order valence-corrected chi connectivity index (χ1v) is 12.4. The molecule has 1 fully saturated rings. The molecule has 1 saturated heterocycles. The zero-order valence-electron chi connectivity index (χ0n) is 19.4. The van der Waals surface area contributed by atoms with Gasteiger partial charge in [0.1, 0.15) is 18.8 Å². The summed E-state index contributed by atoms with van der Waals surface area (Å²) < 4.78 is 18.2. The number of hydrogen-bond donors (Lipinski definition) is 1. The molecule has 1 atom stereocenters.